The van der Waals surface area contributed by atoms with Gasteiger partial charge in [0.2, 0.25) is 5.95 Å². The molecule has 3 heterocycles. The fraction of sp³-hybridized carbons (Fsp3) is 0.320. The van der Waals surface area contributed by atoms with E-state index in [4.69, 9.17) is 15.5 Å². The summed E-state index contributed by atoms with van der Waals surface area (Å²) in [7, 11) is 1.68. The van der Waals surface area contributed by atoms with Gasteiger partial charge in [0.05, 0.1) is 6.54 Å². The Bertz CT molecular complexity index is 1350. The largest absolute Gasteiger partial charge is 0.425 e. The van der Waals surface area contributed by atoms with Crippen molar-refractivity contribution >= 4 is 29.5 Å². The molecule has 5 rings (SSSR count). The van der Waals surface area contributed by atoms with Gasteiger partial charge in [0.1, 0.15) is 5.75 Å². The molecule has 1 fully saturated rings. The Kier molecular flexibility index (Phi) is 6.90. The minimum absolute atomic E-state index is 0. The van der Waals surface area contributed by atoms with Crippen molar-refractivity contribution in [2.75, 3.05) is 18.0 Å². The summed E-state index contributed by atoms with van der Waals surface area (Å²) in [6.45, 7) is 4.15. The van der Waals surface area contributed by atoms with Gasteiger partial charge in [0.25, 0.3) is 5.56 Å². The predicted molar refractivity (Wildman–Crippen MR) is 136 cm³/mol. The standard InChI is InChI=1S/C25H28N6O2.ClH/c1-17-9-6-7-10-18(17)15-31-21-22(27-24(31)30-14-8-11-19(26)16-30)28-25(29(2)23(21)32)33-20-12-4-3-5-13-20;/h3-7,9-10,12-13,19H,8,11,14-16,26H2,1-2H3;1H/t19-;/m1./s1. The van der Waals surface area contributed by atoms with Crippen LogP contribution >= 0.6 is 12.4 Å². The Morgan fingerprint density at radius 2 is 1.82 bits per heavy atom. The summed E-state index contributed by atoms with van der Waals surface area (Å²) >= 11 is 0. The third-order valence-corrected chi connectivity index (χ3v) is 6.21. The summed E-state index contributed by atoms with van der Waals surface area (Å²) in [6.07, 6.45) is 1.98. The lowest BCUT2D eigenvalue weighted by atomic mass is 10.1. The average molecular weight is 481 g/mol. The van der Waals surface area contributed by atoms with Gasteiger partial charge in [-0.05, 0) is 43.0 Å². The maximum atomic E-state index is 13.5. The van der Waals surface area contributed by atoms with E-state index in [1.807, 2.05) is 47.0 Å². The molecule has 2 aromatic heterocycles. The van der Waals surface area contributed by atoms with Crippen LogP contribution in [-0.2, 0) is 13.6 Å². The number of hydrogen-bond acceptors (Lipinski definition) is 6. The van der Waals surface area contributed by atoms with Gasteiger partial charge in [-0.15, -0.1) is 12.4 Å². The minimum atomic E-state index is -0.195. The van der Waals surface area contributed by atoms with Gasteiger partial charge in [0, 0.05) is 26.2 Å². The molecular formula is C25H29ClN6O2. The zero-order valence-electron chi connectivity index (χ0n) is 19.3. The third-order valence-electron chi connectivity index (χ3n) is 6.21. The van der Waals surface area contributed by atoms with Crippen LogP contribution in [0.4, 0.5) is 5.95 Å². The summed E-state index contributed by atoms with van der Waals surface area (Å²) in [5.41, 5.74) is 9.21. The van der Waals surface area contributed by atoms with Gasteiger partial charge in [0.15, 0.2) is 11.2 Å². The van der Waals surface area contributed by atoms with E-state index in [0.29, 0.717) is 30.0 Å². The molecule has 2 N–H and O–H groups in total. The highest BCUT2D eigenvalue weighted by molar-refractivity contribution is 5.85. The molecule has 1 aliphatic heterocycles. The van der Waals surface area contributed by atoms with Gasteiger partial charge in [-0.25, -0.2) is 0 Å². The number of aryl methyl sites for hydroxylation is 1. The van der Waals surface area contributed by atoms with E-state index < -0.39 is 0 Å². The quantitative estimate of drug-likeness (QED) is 0.469. The second-order valence-corrected chi connectivity index (χ2v) is 8.62. The van der Waals surface area contributed by atoms with Crippen LogP contribution < -0.4 is 20.9 Å². The fourth-order valence-electron chi connectivity index (χ4n) is 4.35. The first-order valence-electron chi connectivity index (χ1n) is 11.3. The monoisotopic (exact) mass is 480 g/mol. The molecule has 1 atom stereocenters. The molecule has 8 nitrogen and oxygen atoms in total. The van der Waals surface area contributed by atoms with Crippen molar-refractivity contribution < 1.29 is 4.74 Å². The maximum Gasteiger partial charge on any atom is 0.306 e. The van der Waals surface area contributed by atoms with Gasteiger partial charge in [-0.3, -0.25) is 13.9 Å². The number of piperidine rings is 1. The Morgan fingerprint density at radius 3 is 2.56 bits per heavy atom. The number of benzene rings is 2. The van der Waals surface area contributed by atoms with Gasteiger partial charge in [-0.1, -0.05) is 42.5 Å². The van der Waals surface area contributed by atoms with Gasteiger partial charge < -0.3 is 15.4 Å². The van der Waals surface area contributed by atoms with Crippen molar-refractivity contribution in [3.63, 3.8) is 0 Å². The molecule has 0 radical (unpaired) electrons. The highest BCUT2D eigenvalue weighted by atomic mass is 35.5. The predicted octanol–water partition coefficient (Wildman–Crippen LogP) is 3.63. The molecule has 0 bridgehead atoms. The highest BCUT2D eigenvalue weighted by Crippen LogP contribution is 2.26. The highest BCUT2D eigenvalue weighted by Gasteiger charge is 2.26. The normalized spacial score (nSPS) is 15.9. The van der Waals surface area contributed by atoms with Crippen LogP contribution in [-0.4, -0.2) is 38.2 Å². The van der Waals surface area contributed by atoms with Crippen LogP contribution in [0.2, 0.25) is 0 Å². The number of rotatable bonds is 5. The number of anilines is 1. The number of ether oxygens (including phenoxy) is 1. The lowest BCUT2D eigenvalue weighted by molar-refractivity contribution is 0.415. The first-order chi connectivity index (χ1) is 16.0. The van der Waals surface area contributed by atoms with Crippen molar-refractivity contribution in [1.82, 2.24) is 19.1 Å². The molecule has 0 unspecified atom stereocenters. The van der Waals surface area contributed by atoms with Crippen molar-refractivity contribution in [2.45, 2.75) is 32.4 Å². The Hall–Kier alpha value is -3.36. The summed E-state index contributed by atoms with van der Waals surface area (Å²) in [4.78, 5) is 25.2. The number of halogens is 1. The first-order valence-corrected chi connectivity index (χ1v) is 11.3. The number of fused-ring (bicyclic) bond motifs is 1. The van der Waals surface area contributed by atoms with Crippen LogP contribution in [0.1, 0.15) is 24.0 Å². The molecular weight excluding hydrogens is 452 g/mol. The molecule has 34 heavy (non-hydrogen) atoms. The van der Waals surface area contributed by atoms with Crippen LogP contribution in [0.5, 0.6) is 11.8 Å². The Balaban J connectivity index is 0.00000274. The second kappa shape index (κ2) is 9.87. The van der Waals surface area contributed by atoms with Crippen molar-refractivity contribution in [2.24, 2.45) is 12.8 Å². The molecule has 0 spiro atoms. The number of para-hydroxylation sites is 1. The molecule has 0 aliphatic carbocycles. The van der Waals surface area contributed by atoms with Crippen molar-refractivity contribution in [3.8, 4) is 11.8 Å². The topological polar surface area (TPSA) is 91.2 Å². The lowest BCUT2D eigenvalue weighted by Gasteiger charge is -2.32. The molecule has 178 valence electrons. The zero-order chi connectivity index (χ0) is 22.9. The van der Waals surface area contributed by atoms with Crippen LogP contribution in [0.25, 0.3) is 11.2 Å². The lowest BCUT2D eigenvalue weighted by Crippen LogP contribution is -2.44. The summed E-state index contributed by atoms with van der Waals surface area (Å²) < 4.78 is 9.34. The van der Waals surface area contributed by atoms with E-state index >= 15 is 0 Å². The maximum absolute atomic E-state index is 13.5. The van der Waals surface area contributed by atoms with Crippen LogP contribution in [0, 0.1) is 6.92 Å². The summed E-state index contributed by atoms with van der Waals surface area (Å²) in [5, 5.41) is 0. The Labute approximate surface area is 204 Å². The molecule has 9 heteroatoms. The number of nitrogens with two attached hydrogens (primary N) is 1. The van der Waals surface area contributed by atoms with Gasteiger partial charge >= 0.3 is 6.01 Å². The van der Waals surface area contributed by atoms with Crippen molar-refractivity contribution in [1.29, 1.82) is 0 Å². The number of hydrogen-bond donors (Lipinski definition) is 1. The van der Waals surface area contributed by atoms with Gasteiger partial charge in [-0.2, -0.15) is 9.97 Å². The van der Waals surface area contributed by atoms with Crippen LogP contribution in [0.15, 0.2) is 59.4 Å². The number of imidazole rings is 1. The van der Waals surface area contributed by atoms with E-state index in [0.717, 1.165) is 36.5 Å². The molecule has 1 aliphatic rings. The Morgan fingerprint density at radius 1 is 1.09 bits per heavy atom. The molecule has 2 aromatic carbocycles. The van der Waals surface area contributed by atoms with E-state index in [1.54, 1.807) is 7.05 Å². The summed E-state index contributed by atoms with van der Waals surface area (Å²) in [5.74, 6) is 1.34. The molecule has 0 amide bonds. The number of nitrogens with zero attached hydrogens (tertiary/aromatic N) is 5. The van der Waals surface area contributed by atoms with E-state index in [1.165, 1.54) is 4.57 Å². The smallest absolute Gasteiger partial charge is 0.306 e. The zero-order valence-corrected chi connectivity index (χ0v) is 20.2. The first kappa shape index (κ1) is 23.8. The number of aromatic nitrogens is 4. The van der Waals surface area contributed by atoms with E-state index in [9.17, 15) is 4.79 Å². The average Bonchev–Trinajstić information content (AvgIpc) is 3.17. The second-order valence-electron chi connectivity index (χ2n) is 8.62. The molecule has 1 saturated heterocycles. The molecule has 0 saturated carbocycles. The summed E-state index contributed by atoms with van der Waals surface area (Å²) in [6, 6.07) is 17.8. The molecule has 4 aromatic rings. The van der Waals surface area contributed by atoms with E-state index in [-0.39, 0.29) is 30.0 Å². The SMILES string of the molecule is Cc1ccccc1Cn1c(N2CCC[C@@H](N)C2)nc2nc(Oc3ccccc3)n(C)c(=O)c21.Cl. The van der Waals surface area contributed by atoms with Crippen molar-refractivity contribution in [3.05, 3.63) is 76.1 Å². The fourth-order valence-corrected chi connectivity index (χ4v) is 4.35. The van der Waals surface area contributed by atoms with Crippen LogP contribution in [0.3, 0.4) is 0 Å². The third kappa shape index (κ3) is 4.51. The van der Waals surface area contributed by atoms with E-state index in [2.05, 4.69) is 28.9 Å². The minimum Gasteiger partial charge on any atom is -0.425 e.